The van der Waals surface area contributed by atoms with Crippen LogP contribution in [-0.2, 0) is 4.79 Å². The van der Waals surface area contributed by atoms with Gasteiger partial charge in [0.05, 0.1) is 0 Å². The SMILES string of the molecule is CCCCCC=C(CCCCC)C(=O)O.[Ca+2].[H-].[H-]. The van der Waals surface area contributed by atoms with Crippen molar-refractivity contribution in [2.45, 2.75) is 65.2 Å². The Bertz CT molecular complexity index is 209. The number of carboxylic acids is 1. The molecule has 0 fully saturated rings. The standard InChI is InChI=1S/C13H24O2.Ca.2H/c1-3-5-7-9-11-12(13(14)15)10-8-6-4-2;;;/h11H,3-10H2,1-2H3,(H,14,15);;;/q;+2;2*-1. The molecule has 0 saturated heterocycles. The van der Waals surface area contributed by atoms with Crippen molar-refractivity contribution in [1.82, 2.24) is 0 Å². The van der Waals surface area contributed by atoms with Crippen molar-refractivity contribution in [1.29, 1.82) is 0 Å². The molecule has 0 heterocycles. The monoisotopic (exact) mass is 254 g/mol. The van der Waals surface area contributed by atoms with Crippen molar-refractivity contribution in [2.75, 3.05) is 0 Å². The van der Waals surface area contributed by atoms with Gasteiger partial charge >= 0.3 is 43.7 Å². The molecule has 0 atom stereocenters. The van der Waals surface area contributed by atoms with Crippen LogP contribution in [0.1, 0.15) is 68.1 Å². The molecular formula is C13H26CaO2. The van der Waals surface area contributed by atoms with Crippen molar-refractivity contribution < 1.29 is 12.8 Å². The van der Waals surface area contributed by atoms with E-state index >= 15 is 0 Å². The Morgan fingerprint density at radius 1 is 1.12 bits per heavy atom. The van der Waals surface area contributed by atoms with Gasteiger partial charge in [0.1, 0.15) is 0 Å². The number of rotatable bonds is 9. The first-order chi connectivity index (χ1) is 7.22. The van der Waals surface area contributed by atoms with Crippen molar-refractivity contribution in [3.8, 4) is 0 Å². The van der Waals surface area contributed by atoms with Gasteiger partial charge in [-0.15, -0.1) is 0 Å². The summed E-state index contributed by atoms with van der Waals surface area (Å²) in [6.45, 7) is 4.29. The van der Waals surface area contributed by atoms with Crippen molar-refractivity contribution in [2.24, 2.45) is 0 Å². The number of carboxylic acid groups (broad SMARTS) is 1. The van der Waals surface area contributed by atoms with Gasteiger partial charge in [-0.1, -0.05) is 45.6 Å². The van der Waals surface area contributed by atoms with Gasteiger partial charge < -0.3 is 7.96 Å². The average Bonchev–Trinajstić information content (AvgIpc) is 2.21. The molecule has 3 heteroatoms. The van der Waals surface area contributed by atoms with E-state index in [-0.39, 0.29) is 40.6 Å². The molecular weight excluding hydrogens is 228 g/mol. The third kappa shape index (κ3) is 11.0. The van der Waals surface area contributed by atoms with Crippen LogP contribution in [0.5, 0.6) is 0 Å². The Balaban J connectivity index is -0.000000327. The van der Waals surface area contributed by atoms with E-state index < -0.39 is 5.97 Å². The Morgan fingerprint density at radius 3 is 2.19 bits per heavy atom. The fraction of sp³-hybridized carbons (Fsp3) is 0.769. The van der Waals surface area contributed by atoms with Gasteiger partial charge in [0.15, 0.2) is 0 Å². The van der Waals surface area contributed by atoms with Gasteiger partial charge in [0.2, 0.25) is 0 Å². The van der Waals surface area contributed by atoms with Gasteiger partial charge in [-0.2, -0.15) is 0 Å². The van der Waals surface area contributed by atoms with Crippen LogP contribution in [0, 0.1) is 0 Å². The van der Waals surface area contributed by atoms with Gasteiger partial charge in [-0.25, -0.2) is 4.79 Å². The molecule has 16 heavy (non-hydrogen) atoms. The molecule has 0 aliphatic heterocycles. The largest absolute Gasteiger partial charge is 2.00 e. The average molecular weight is 254 g/mol. The molecule has 0 aliphatic rings. The summed E-state index contributed by atoms with van der Waals surface area (Å²) >= 11 is 0. The normalized spacial score (nSPS) is 11.0. The number of hydrogen-bond donors (Lipinski definition) is 1. The molecule has 1 N–H and O–H groups in total. The van der Waals surface area contributed by atoms with Gasteiger partial charge in [0.25, 0.3) is 0 Å². The minimum absolute atomic E-state index is 0. The first-order valence-corrected chi connectivity index (χ1v) is 6.14. The number of aliphatic carboxylic acids is 1. The summed E-state index contributed by atoms with van der Waals surface area (Å²) in [7, 11) is 0. The summed E-state index contributed by atoms with van der Waals surface area (Å²) < 4.78 is 0. The number of unbranched alkanes of at least 4 members (excludes halogenated alkanes) is 5. The maximum Gasteiger partial charge on any atom is 2.00 e. The van der Waals surface area contributed by atoms with Crippen LogP contribution < -0.4 is 0 Å². The third-order valence-corrected chi connectivity index (χ3v) is 2.52. The molecule has 2 nitrogen and oxygen atoms in total. The molecule has 0 saturated carbocycles. The molecule has 0 aromatic rings. The minimum atomic E-state index is -0.734. The van der Waals surface area contributed by atoms with Gasteiger partial charge in [-0.05, 0) is 25.7 Å². The zero-order chi connectivity index (χ0) is 11.5. The summed E-state index contributed by atoms with van der Waals surface area (Å²) in [5.74, 6) is -0.734. The van der Waals surface area contributed by atoms with Gasteiger partial charge in [0, 0.05) is 5.57 Å². The molecule has 0 spiro atoms. The second kappa shape index (κ2) is 13.5. The van der Waals surface area contributed by atoms with E-state index in [9.17, 15) is 4.79 Å². The Labute approximate surface area is 132 Å². The molecule has 0 amide bonds. The molecule has 0 aromatic heterocycles. The fourth-order valence-electron chi connectivity index (χ4n) is 1.53. The second-order valence-electron chi connectivity index (χ2n) is 3.99. The summed E-state index contributed by atoms with van der Waals surface area (Å²) in [5, 5.41) is 8.96. The van der Waals surface area contributed by atoms with E-state index in [1.165, 1.54) is 12.8 Å². The number of carbonyl (C=O) groups is 1. The quantitative estimate of drug-likeness (QED) is 0.383. The number of hydrogen-bond acceptors (Lipinski definition) is 1. The second-order valence-corrected chi connectivity index (χ2v) is 3.99. The predicted molar refractivity (Wildman–Crippen MR) is 72.0 cm³/mol. The smallest absolute Gasteiger partial charge is 1.00 e. The molecule has 0 aliphatic carbocycles. The summed E-state index contributed by atoms with van der Waals surface area (Å²) in [6.07, 6.45) is 10.3. The zero-order valence-electron chi connectivity index (χ0n) is 12.8. The summed E-state index contributed by atoms with van der Waals surface area (Å²) in [4.78, 5) is 10.9. The van der Waals surface area contributed by atoms with Crippen LogP contribution in [0.4, 0.5) is 0 Å². The van der Waals surface area contributed by atoms with E-state index in [0.29, 0.717) is 5.57 Å². The number of allylic oxidation sites excluding steroid dienone is 1. The van der Waals surface area contributed by atoms with Crippen molar-refractivity contribution in [3.63, 3.8) is 0 Å². The van der Waals surface area contributed by atoms with E-state index in [0.717, 1.165) is 38.5 Å². The Hall–Kier alpha value is 0.470. The first kappa shape index (κ1) is 18.8. The third-order valence-electron chi connectivity index (χ3n) is 2.52. The maximum atomic E-state index is 10.9. The molecule has 92 valence electrons. The molecule has 0 aromatic carbocycles. The summed E-state index contributed by atoms with van der Waals surface area (Å²) in [6, 6.07) is 0. The fourth-order valence-corrected chi connectivity index (χ4v) is 1.53. The molecule has 0 bridgehead atoms. The Morgan fingerprint density at radius 2 is 1.69 bits per heavy atom. The zero-order valence-corrected chi connectivity index (χ0v) is 13.0. The first-order valence-electron chi connectivity index (χ1n) is 6.14. The van der Waals surface area contributed by atoms with E-state index in [1.54, 1.807) is 0 Å². The van der Waals surface area contributed by atoms with Crippen LogP contribution >= 0.6 is 0 Å². The van der Waals surface area contributed by atoms with Crippen LogP contribution in [0.15, 0.2) is 11.6 Å². The van der Waals surface area contributed by atoms with E-state index in [1.807, 2.05) is 6.08 Å². The van der Waals surface area contributed by atoms with Crippen LogP contribution in [0.25, 0.3) is 0 Å². The Kier molecular flexibility index (Phi) is 15.9. The minimum Gasteiger partial charge on any atom is -1.00 e. The predicted octanol–water partition coefficient (Wildman–Crippen LogP) is 4.00. The molecule has 0 unspecified atom stereocenters. The van der Waals surface area contributed by atoms with Crippen molar-refractivity contribution in [3.05, 3.63) is 11.6 Å². The maximum absolute atomic E-state index is 10.9. The molecule has 0 rings (SSSR count). The molecule has 0 radical (unpaired) electrons. The van der Waals surface area contributed by atoms with E-state index in [4.69, 9.17) is 5.11 Å². The van der Waals surface area contributed by atoms with Gasteiger partial charge in [-0.3, -0.25) is 0 Å². The van der Waals surface area contributed by atoms with Crippen LogP contribution in [0.2, 0.25) is 0 Å². The van der Waals surface area contributed by atoms with E-state index in [2.05, 4.69) is 13.8 Å². The van der Waals surface area contributed by atoms with Crippen LogP contribution in [-0.4, -0.2) is 48.8 Å². The summed E-state index contributed by atoms with van der Waals surface area (Å²) in [5.41, 5.74) is 0.611. The van der Waals surface area contributed by atoms with Crippen LogP contribution in [0.3, 0.4) is 0 Å². The topological polar surface area (TPSA) is 37.3 Å². The van der Waals surface area contributed by atoms with Crippen molar-refractivity contribution >= 4 is 43.7 Å².